The van der Waals surface area contributed by atoms with E-state index in [0.717, 1.165) is 10.5 Å². The molecule has 102 valence electrons. The van der Waals surface area contributed by atoms with Crippen molar-refractivity contribution in [1.82, 2.24) is 5.32 Å². The minimum atomic E-state index is -0.951. The third-order valence-corrected chi connectivity index (χ3v) is 3.81. The first-order valence-corrected chi connectivity index (χ1v) is 7.56. The highest BCUT2D eigenvalue weighted by Crippen LogP contribution is 2.14. The molecule has 2 aromatic rings. The van der Waals surface area contributed by atoms with Gasteiger partial charge in [-0.2, -0.15) is 0 Å². The zero-order chi connectivity index (χ0) is 13.7. The van der Waals surface area contributed by atoms with Crippen molar-refractivity contribution in [2.75, 3.05) is 12.9 Å². The molecule has 0 amide bonds. The summed E-state index contributed by atoms with van der Waals surface area (Å²) in [6, 6.07) is 11.0. The van der Waals surface area contributed by atoms with Gasteiger partial charge in [-0.1, -0.05) is 12.1 Å². The monoisotopic (exact) mass is 279 g/mol. The fourth-order valence-corrected chi connectivity index (χ4v) is 2.30. The second-order valence-electron chi connectivity index (χ2n) is 4.23. The number of nitrogens with one attached hydrogen (secondary N) is 1. The maximum atomic E-state index is 11.3. The molecule has 0 saturated heterocycles. The number of aliphatic hydroxyl groups excluding tert-OH is 1. The fourth-order valence-electron chi connectivity index (χ4n) is 1.78. The Kier molecular flexibility index (Phi) is 4.90. The van der Waals surface area contributed by atoms with Crippen molar-refractivity contribution in [3.8, 4) is 0 Å². The Balaban J connectivity index is 1.96. The molecular weight excluding hydrogens is 262 g/mol. The smallest absolute Gasteiger partial charge is 0.123 e. The van der Waals surface area contributed by atoms with Gasteiger partial charge in [0.2, 0.25) is 0 Å². The first kappa shape index (κ1) is 14.0. The number of hydrogen-bond acceptors (Lipinski definition) is 4. The molecular formula is C14H17NO3S. The lowest BCUT2D eigenvalue weighted by atomic mass is 10.2. The third kappa shape index (κ3) is 3.76. The lowest BCUT2D eigenvalue weighted by Gasteiger charge is -2.13. The van der Waals surface area contributed by atoms with E-state index >= 15 is 0 Å². The van der Waals surface area contributed by atoms with Crippen LogP contribution in [0.25, 0.3) is 0 Å². The van der Waals surface area contributed by atoms with E-state index in [2.05, 4.69) is 5.32 Å². The third-order valence-electron chi connectivity index (χ3n) is 2.88. The zero-order valence-corrected chi connectivity index (χ0v) is 11.5. The minimum absolute atomic E-state index is 0.0232. The fraction of sp³-hybridized carbons (Fsp3) is 0.286. The van der Waals surface area contributed by atoms with Crippen LogP contribution in [0.1, 0.15) is 17.4 Å². The van der Waals surface area contributed by atoms with Gasteiger partial charge >= 0.3 is 0 Å². The summed E-state index contributed by atoms with van der Waals surface area (Å²) < 4.78 is 16.5. The minimum Gasteiger partial charge on any atom is -0.468 e. The molecule has 2 atom stereocenters. The zero-order valence-electron chi connectivity index (χ0n) is 10.7. The quantitative estimate of drug-likeness (QED) is 0.847. The van der Waals surface area contributed by atoms with Gasteiger partial charge in [-0.15, -0.1) is 0 Å². The Hall–Kier alpha value is -1.43. The van der Waals surface area contributed by atoms with Gasteiger partial charge in [-0.3, -0.25) is 4.21 Å². The molecule has 0 aliphatic carbocycles. The summed E-state index contributed by atoms with van der Waals surface area (Å²) in [4.78, 5) is 0.813. The van der Waals surface area contributed by atoms with Gasteiger partial charge in [0.25, 0.3) is 0 Å². The van der Waals surface area contributed by atoms with E-state index in [1.54, 1.807) is 18.6 Å². The number of rotatable bonds is 6. The summed E-state index contributed by atoms with van der Waals surface area (Å²) in [5, 5.41) is 12.5. The average Bonchev–Trinajstić information content (AvgIpc) is 2.94. The summed E-state index contributed by atoms with van der Waals surface area (Å²) >= 11 is 0. The van der Waals surface area contributed by atoms with E-state index in [1.165, 1.54) is 0 Å². The lowest BCUT2D eigenvalue weighted by molar-refractivity contribution is 0.225. The van der Waals surface area contributed by atoms with Crippen molar-refractivity contribution >= 4 is 10.8 Å². The van der Waals surface area contributed by atoms with Gasteiger partial charge < -0.3 is 14.8 Å². The van der Waals surface area contributed by atoms with Gasteiger partial charge in [-0.25, -0.2) is 0 Å². The van der Waals surface area contributed by atoms with Crippen molar-refractivity contribution in [2.24, 2.45) is 0 Å². The summed E-state index contributed by atoms with van der Waals surface area (Å²) in [6.07, 6.45) is 3.25. The highest BCUT2D eigenvalue weighted by Gasteiger charge is 2.12. The van der Waals surface area contributed by atoms with Crippen LogP contribution >= 0.6 is 0 Å². The second-order valence-corrected chi connectivity index (χ2v) is 5.61. The molecule has 0 spiro atoms. The predicted octanol–water partition coefficient (Wildman–Crippen LogP) is 1.84. The summed E-state index contributed by atoms with van der Waals surface area (Å²) in [7, 11) is -0.951. The van der Waals surface area contributed by atoms with Crippen molar-refractivity contribution in [3.63, 3.8) is 0 Å². The molecule has 2 rings (SSSR count). The Morgan fingerprint density at radius 1 is 1.32 bits per heavy atom. The molecule has 0 bridgehead atoms. The molecule has 2 N–H and O–H groups in total. The van der Waals surface area contributed by atoms with Gasteiger partial charge in [0, 0.05) is 28.5 Å². The Morgan fingerprint density at radius 3 is 2.58 bits per heavy atom. The maximum Gasteiger partial charge on any atom is 0.123 e. The van der Waals surface area contributed by atoms with Crippen LogP contribution < -0.4 is 5.32 Å². The molecule has 0 aliphatic rings. The average molecular weight is 279 g/mol. The number of furan rings is 1. The SMILES string of the molecule is CS(=O)c1ccc(CNC(CO)c2ccco2)cc1. The van der Waals surface area contributed by atoms with Crippen LogP contribution in [-0.2, 0) is 17.3 Å². The van der Waals surface area contributed by atoms with Crippen molar-refractivity contribution in [3.05, 3.63) is 54.0 Å². The van der Waals surface area contributed by atoms with E-state index in [1.807, 2.05) is 30.3 Å². The van der Waals surface area contributed by atoms with Gasteiger partial charge in [0.05, 0.1) is 18.9 Å². The molecule has 0 saturated carbocycles. The summed E-state index contributed by atoms with van der Waals surface area (Å²) in [5.74, 6) is 0.716. The predicted molar refractivity (Wildman–Crippen MR) is 74.1 cm³/mol. The molecule has 1 aromatic heterocycles. The molecule has 0 aliphatic heterocycles. The van der Waals surface area contributed by atoms with Crippen LogP contribution in [0.4, 0.5) is 0 Å². The molecule has 2 unspecified atom stereocenters. The van der Waals surface area contributed by atoms with Crippen molar-refractivity contribution in [1.29, 1.82) is 0 Å². The van der Waals surface area contributed by atoms with Crippen LogP contribution in [0.5, 0.6) is 0 Å². The Labute approximate surface area is 114 Å². The van der Waals surface area contributed by atoms with Crippen LogP contribution in [-0.4, -0.2) is 22.2 Å². The summed E-state index contributed by atoms with van der Waals surface area (Å²) in [5.41, 5.74) is 1.07. The first-order valence-electron chi connectivity index (χ1n) is 6.00. The molecule has 1 heterocycles. The Morgan fingerprint density at radius 2 is 2.05 bits per heavy atom. The van der Waals surface area contributed by atoms with Crippen LogP contribution in [0.3, 0.4) is 0 Å². The van der Waals surface area contributed by atoms with Crippen molar-refractivity contribution < 1.29 is 13.7 Å². The van der Waals surface area contributed by atoms with Gasteiger partial charge in [0.15, 0.2) is 0 Å². The standard InChI is InChI=1S/C14H17NO3S/c1-19(17)12-6-4-11(5-7-12)9-15-13(10-16)14-3-2-8-18-14/h2-8,13,15-16H,9-10H2,1H3. The lowest BCUT2D eigenvalue weighted by Crippen LogP contribution is -2.23. The van der Waals surface area contributed by atoms with E-state index < -0.39 is 10.8 Å². The highest BCUT2D eigenvalue weighted by atomic mass is 32.2. The topological polar surface area (TPSA) is 62.5 Å². The van der Waals surface area contributed by atoms with E-state index in [0.29, 0.717) is 12.3 Å². The first-order chi connectivity index (χ1) is 9.20. The molecule has 4 nitrogen and oxygen atoms in total. The van der Waals surface area contributed by atoms with Crippen molar-refractivity contribution in [2.45, 2.75) is 17.5 Å². The molecule has 0 fully saturated rings. The van der Waals surface area contributed by atoms with Gasteiger partial charge in [0.1, 0.15) is 5.76 Å². The largest absolute Gasteiger partial charge is 0.468 e. The normalized spacial score (nSPS) is 14.2. The number of benzene rings is 1. The Bertz CT molecular complexity index is 522. The molecule has 19 heavy (non-hydrogen) atoms. The summed E-state index contributed by atoms with van der Waals surface area (Å²) in [6.45, 7) is 0.590. The van der Waals surface area contributed by atoms with E-state index in [4.69, 9.17) is 4.42 Å². The number of aliphatic hydroxyl groups is 1. The molecule has 1 aromatic carbocycles. The van der Waals surface area contributed by atoms with E-state index in [-0.39, 0.29) is 12.6 Å². The van der Waals surface area contributed by atoms with E-state index in [9.17, 15) is 9.32 Å². The van der Waals surface area contributed by atoms with Crippen LogP contribution in [0.2, 0.25) is 0 Å². The number of hydrogen-bond donors (Lipinski definition) is 2. The highest BCUT2D eigenvalue weighted by molar-refractivity contribution is 7.84. The molecule has 0 radical (unpaired) electrons. The van der Waals surface area contributed by atoms with Crippen LogP contribution in [0.15, 0.2) is 52.0 Å². The molecule has 5 heteroatoms. The maximum absolute atomic E-state index is 11.3. The van der Waals surface area contributed by atoms with Crippen LogP contribution in [0, 0.1) is 0 Å². The second kappa shape index (κ2) is 6.65. The van der Waals surface area contributed by atoms with Gasteiger partial charge in [-0.05, 0) is 29.8 Å².